The average Bonchev–Trinajstić information content (AvgIpc) is 2.79. The standard InChI is InChI=1S/C36H49N2O2/c1-33(2,3)25-17-24(31(39)27(18-25)35(7,8)9)22-37-21-23-15-13-14-16-29(23)38-30-20-26(34(4,5)6)19-28(32(30)40)36(10,11)12/h13-20,22,39-40H,21H2,1-12H3. The monoisotopic (exact) mass is 541 g/mol. The Bertz CT molecular complexity index is 1390. The lowest BCUT2D eigenvalue weighted by molar-refractivity contribution is 0.443. The fourth-order valence-corrected chi connectivity index (χ4v) is 4.59. The Labute approximate surface area is 242 Å². The molecule has 0 aliphatic carbocycles. The summed E-state index contributed by atoms with van der Waals surface area (Å²) in [6.45, 7) is 26.1. The summed E-state index contributed by atoms with van der Waals surface area (Å²) in [4.78, 5) is 4.75. The van der Waals surface area contributed by atoms with Crippen LogP contribution in [0.4, 0.5) is 11.4 Å². The first-order valence-electron chi connectivity index (χ1n) is 14.2. The van der Waals surface area contributed by atoms with Crippen molar-refractivity contribution in [2.75, 3.05) is 0 Å². The molecule has 40 heavy (non-hydrogen) atoms. The number of nitrogens with zero attached hydrogens (tertiary/aromatic N) is 2. The molecule has 4 heteroatoms. The third kappa shape index (κ3) is 7.27. The molecule has 4 nitrogen and oxygen atoms in total. The van der Waals surface area contributed by atoms with Gasteiger partial charge in [-0.1, -0.05) is 113 Å². The van der Waals surface area contributed by atoms with Crippen molar-refractivity contribution in [2.24, 2.45) is 4.99 Å². The highest BCUT2D eigenvalue weighted by Gasteiger charge is 2.26. The Balaban J connectivity index is 2.00. The second-order valence-corrected chi connectivity index (χ2v) is 15.1. The molecule has 1 radical (unpaired) electrons. The number of phenolic OH excluding ortho intramolecular Hbond substituents is 2. The first-order chi connectivity index (χ1) is 18.2. The quantitative estimate of drug-likeness (QED) is 0.316. The van der Waals surface area contributed by atoms with E-state index in [-0.39, 0.29) is 33.2 Å². The highest BCUT2D eigenvalue weighted by atomic mass is 16.3. The molecule has 215 valence electrons. The topological polar surface area (TPSA) is 66.9 Å². The van der Waals surface area contributed by atoms with Gasteiger partial charge in [-0.15, -0.1) is 0 Å². The zero-order valence-corrected chi connectivity index (χ0v) is 26.7. The van der Waals surface area contributed by atoms with E-state index >= 15 is 0 Å². The summed E-state index contributed by atoms with van der Waals surface area (Å²) in [5, 5.41) is 27.3. The molecule has 2 N–H and O–H groups in total. The van der Waals surface area contributed by atoms with E-state index < -0.39 is 0 Å². The van der Waals surface area contributed by atoms with Gasteiger partial charge in [0, 0.05) is 22.9 Å². The Kier molecular flexibility index (Phi) is 8.56. The second kappa shape index (κ2) is 11.0. The summed E-state index contributed by atoms with van der Waals surface area (Å²) in [5.41, 5.74) is 6.53. The van der Waals surface area contributed by atoms with E-state index in [0.717, 1.165) is 39.1 Å². The summed E-state index contributed by atoms with van der Waals surface area (Å²) in [6, 6.07) is 16.2. The van der Waals surface area contributed by atoms with Crippen molar-refractivity contribution in [1.29, 1.82) is 0 Å². The van der Waals surface area contributed by atoms with E-state index in [0.29, 0.717) is 12.2 Å². The minimum Gasteiger partial charge on any atom is -0.507 e. The van der Waals surface area contributed by atoms with Gasteiger partial charge in [0.1, 0.15) is 17.2 Å². The molecule has 0 saturated carbocycles. The molecule has 0 heterocycles. The summed E-state index contributed by atoms with van der Waals surface area (Å²) in [5.74, 6) is 0.498. The van der Waals surface area contributed by atoms with E-state index in [2.05, 4.69) is 95.2 Å². The molecule has 0 unspecified atom stereocenters. The number of phenols is 2. The molecule has 0 amide bonds. The van der Waals surface area contributed by atoms with E-state index in [1.54, 1.807) is 6.21 Å². The fraction of sp³-hybridized carbons (Fsp3) is 0.472. The zero-order valence-electron chi connectivity index (χ0n) is 26.7. The SMILES string of the molecule is CC(C)(C)c1cc(C=NCc2ccccc2[N]c2cc(C(C)(C)C)cc(C(C)(C)C)c2O)c(O)c(C(C)(C)C)c1. The number of rotatable bonds is 5. The van der Waals surface area contributed by atoms with Crippen LogP contribution >= 0.6 is 0 Å². The van der Waals surface area contributed by atoms with Crippen molar-refractivity contribution < 1.29 is 10.2 Å². The van der Waals surface area contributed by atoms with Gasteiger partial charge < -0.3 is 10.2 Å². The first-order valence-corrected chi connectivity index (χ1v) is 14.2. The number of aliphatic imine (C=N–C) groups is 1. The van der Waals surface area contributed by atoms with Crippen LogP contribution in [0.15, 0.2) is 53.5 Å². The van der Waals surface area contributed by atoms with Gasteiger partial charge in [-0.25, -0.2) is 5.32 Å². The van der Waals surface area contributed by atoms with Crippen molar-refractivity contribution in [3.63, 3.8) is 0 Å². The maximum Gasteiger partial charge on any atom is 0.144 e. The van der Waals surface area contributed by atoms with Gasteiger partial charge in [-0.2, -0.15) is 0 Å². The van der Waals surface area contributed by atoms with Crippen LogP contribution in [0, 0.1) is 0 Å². The van der Waals surface area contributed by atoms with Gasteiger partial charge in [-0.3, -0.25) is 4.99 Å². The van der Waals surface area contributed by atoms with Gasteiger partial charge in [-0.05, 0) is 56.5 Å². The highest BCUT2D eigenvalue weighted by Crippen LogP contribution is 2.42. The minimum atomic E-state index is -0.227. The number of hydrogen-bond acceptors (Lipinski definition) is 3. The molecule has 3 aromatic carbocycles. The van der Waals surface area contributed by atoms with Crippen molar-refractivity contribution >= 4 is 17.6 Å². The number of hydrogen-bond donors (Lipinski definition) is 2. The van der Waals surface area contributed by atoms with Crippen molar-refractivity contribution in [2.45, 2.75) is 111 Å². The third-order valence-corrected chi connectivity index (χ3v) is 7.30. The molecule has 0 saturated heterocycles. The predicted octanol–water partition coefficient (Wildman–Crippen LogP) is 9.47. The maximum absolute atomic E-state index is 11.3. The summed E-state index contributed by atoms with van der Waals surface area (Å²) in [7, 11) is 0. The molecular weight excluding hydrogens is 492 g/mol. The third-order valence-electron chi connectivity index (χ3n) is 7.30. The van der Waals surface area contributed by atoms with E-state index in [1.807, 2.05) is 36.4 Å². The zero-order chi connectivity index (χ0) is 30.3. The molecule has 0 spiro atoms. The Morgan fingerprint density at radius 3 is 1.62 bits per heavy atom. The van der Waals surface area contributed by atoms with Gasteiger partial charge >= 0.3 is 0 Å². The minimum absolute atomic E-state index is 0.0583. The lowest BCUT2D eigenvalue weighted by Gasteiger charge is -2.27. The smallest absolute Gasteiger partial charge is 0.144 e. The largest absolute Gasteiger partial charge is 0.507 e. The van der Waals surface area contributed by atoms with Crippen molar-refractivity contribution in [3.05, 3.63) is 81.9 Å². The van der Waals surface area contributed by atoms with Gasteiger partial charge in [0.05, 0.1) is 12.2 Å². The number of aromatic hydroxyl groups is 2. The summed E-state index contributed by atoms with van der Waals surface area (Å²) in [6.07, 6.45) is 1.77. The van der Waals surface area contributed by atoms with E-state index in [1.165, 1.54) is 0 Å². The second-order valence-electron chi connectivity index (χ2n) is 15.1. The first kappa shape index (κ1) is 31.3. The van der Waals surface area contributed by atoms with Crippen LogP contribution < -0.4 is 5.32 Å². The molecule has 0 aromatic heterocycles. The lowest BCUT2D eigenvalue weighted by atomic mass is 9.79. The van der Waals surface area contributed by atoms with Crippen LogP contribution in [0.2, 0.25) is 0 Å². The Morgan fingerprint density at radius 1 is 0.600 bits per heavy atom. The number of para-hydroxylation sites is 1. The Morgan fingerprint density at radius 2 is 1.10 bits per heavy atom. The van der Waals surface area contributed by atoms with Gasteiger partial charge in [0.2, 0.25) is 0 Å². The van der Waals surface area contributed by atoms with Crippen LogP contribution in [-0.2, 0) is 28.2 Å². The molecule has 0 aliphatic heterocycles. The van der Waals surface area contributed by atoms with Crippen LogP contribution in [0.25, 0.3) is 0 Å². The van der Waals surface area contributed by atoms with E-state index in [9.17, 15) is 10.2 Å². The van der Waals surface area contributed by atoms with Crippen LogP contribution in [0.3, 0.4) is 0 Å². The van der Waals surface area contributed by atoms with Crippen LogP contribution in [-0.4, -0.2) is 16.4 Å². The lowest BCUT2D eigenvalue weighted by Crippen LogP contribution is -2.17. The summed E-state index contributed by atoms with van der Waals surface area (Å²) >= 11 is 0. The molecule has 0 atom stereocenters. The predicted molar refractivity (Wildman–Crippen MR) is 170 cm³/mol. The molecule has 3 aromatic rings. The van der Waals surface area contributed by atoms with Crippen molar-refractivity contribution in [3.8, 4) is 11.5 Å². The highest BCUT2D eigenvalue weighted by molar-refractivity contribution is 5.85. The molecule has 0 fully saturated rings. The maximum atomic E-state index is 11.3. The molecular formula is C36H49N2O2. The average molecular weight is 542 g/mol. The van der Waals surface area contributed by atoms with Crippen LogP contribution in [0.5, 0.6) is 11.5 Å². The van der Waals surface area contributed by atoms with Gasteiger partial charge in [0.25, 0.3) is 0 Å². The van der Waals surface area contributed by atoms with E-state index in [4.69, 9.17) is 10.3 Å². The van der Waals surface area contributed by atoms with Gasteiger partial charge in [0.15, 0.2) is 0 Å². The fourth-order valence-electron chi connectivity index (χ4n) is 4.59. The normalized spacial score (nSPS) is 13.2. The summed E-state index contributed by atoms with van der Waals surface area (Å²) < 4.78 is 0. The van der Waals surface area contributed by atoms with Crippen molar-refractivity contribution in [1.82, 2.24) is 5.32 Å². The Hall–Kier alpha value is -3.27. The molecule has 0 bridgehead atoms. The number of benzene rings is 3. The molecule has 0 aliphatic rings. The van der Waals surface area contributed by atoms with Crippen LogP contribution in [0.1, 0.15) is 116 Å². The molecule has 3 rings (SSSR count).